The number of amides is 1. The lowest BCUT2D eigenvalue weighted by Crippen LogP contribution is -2.41. The first-order valence-corrected chi connectivity index (χ1v) is 9.95. The Balaban J connectivity index is 1.32. The number of esters is 1. The van der Waals surface area contributed by atoms with E-state index in [1.165, 1.54) is 0 Å². The highest BCUT2D eigenvalue weighted by Gasteiger charge is 2.29. The van der Waals surface area contributed by atoms with E-state index in [0.717, 1.165) is 4.68 Å². The van der Waals surface area contributed by atoms with Crippen LogP contribution in [0.2, 0.25) is 5.02 Å². The summed E-state index contributed by atoms with van der Waals surface area (Å²) in [4.78, 5) is 39.1. The van der Waals surface area contributed by atoms with E-state index in [4.69, 9.17) is 16.3 Å². The number of halogens is 1. The normalized spacial score (nSPS) is 14.6. The first kappa shape index (κ1) is 20.0. The fourth-order valence-electron chi connectivity index (χ4n) is 3.44. The van der Waals surface area contributed by atoms with Gasteiger partial charge in [0.25, 0.3) is 11.5 Å². The Bertz CT molecular complexity index is 1140. The summed E-state index contributed by atoms with van der Waals surface area (Å²) in [5.74, 6) is -0.824. The van der Waals surface area contributed by atoms with Crippen molar-refractivity contribution in [2.24, 2.45) is 5.92 Å². The molecule has 154 valence electrons. The summed E-state index contributed by atoms with van der Waals surface area (Å²) in [7, 11) is 0. The molecule has 9 heteroatoms. The van der Waals surface area contributed by atoms with Crippen LogP contribution >= 0.6 is 11.6 Å². The van der Waals surface area contributed by atoms with Crippen molar-refractivity contribution >= 4 is 34.4 Å². The molecule has 0 spiro atoms. The second-order valence-corrected chi connectivity index (χ2v) is 7.51. The zero-order valence-electron chi connectivity index (χ0n) is 16.0. The van der Waals surface area contributed by atoms with Gasteiger partial charge in [-0.3, -0.25) is 14.4 Å². The molecule has 1 aliphatic heterocycles. The van der Waals surface area contributed by atoms with Crippen molar-refractivity contribution < 1.29 is 14.3 Å². The lowest BCUT2D eigenvalue weighted by atomic mass is 9.96. The minimum Gasteiger partial charge on any atom is -0.442 e. The number of likely N-dealkylation sites (tertiary alicyclic amines) is 1. The Labute approximate surface area is 177 Å². The molecule has 1 fully saturated rings. The van der Waals surface area contributed by atoms with Gasteiger partial charge in [-0.05, 0) is 49.2 Å². The van der Waals surface area contributed by atoms with Gasteiger partial charge in [-0.2, -0.15) is 4.68 Å². The van der Waals surface area contributed by atoms with Crippen LogP contribution in [0, 0.1) is 5.92 Å². The molecule has 2 heterocycles. The summed E-state index contributed by atoms with van der Waals surface area (Å²) >= 11 is 5.86. The highest BCUT2D eigenvalue weighted by molar-refractivity contribution is 6.30. The smallest absolute Gasteiger partial charge is 0.310 e. The molecule has 30 heavy (non-hydrogen) atoms. The van der Waals surface area contributed by atoms with Crippen LogP contribution in [0.1, 0.15) is 23.2 Å². The fourth-order valence-corrected chi connectivity index (χ4v) is 3.57. The van der Waals surface area contributed by atoms with E-state index >= 15 is 0 Å². The molecule has 1 amide bonds. The monoisotopic (exact) mass is 426 g/mol. The van der Waals surface area contributed by atoms with Gasteiger partial charge >= 0.3 is 5.97 Å². The highest BCUT2D eigenvalue weighted by atomic mass is 35.5. The Morgan fingerprint density at radius 2 is 1.77 bits per heavy atom. The fraction of sp³-hybridized carbons (Fsp3) is 0.286. The summed E-state index contributed by atoms with van der Waals surface area (Å²) in [6.45, 7) is 0.618. The number of fused-ring (bicyclic) bond motifs is 1. The summed E-state index contributed by atoms with van der Waals surface area (Å²) in [5, 5.41) is 8.77. The van der Waals surface area contributed by atoms with E-state index in [9.17, 15) is 14.4 Å². The number of piperidine rings is 1. The van der Waals surface area contributed by atoms with Crippen LogP contribution in [0.25, 0.3) is 10.9 Å². The number of benzene rings is 2. The Morgan fingerprint density at radius 1 is 1.07 bits per heavy atom. The summed E-state index contributed by atoms with van der Waals surface area (Å²) in [6, 6.07) is 13.6. The number of nitrogens with zero attached hydrogens (tertiary/aromatic N) is 4. The number of carbonyl (C=O) groups is 2. The standard InChI is InChI=1S/C21H19ClN4O4/c22-16-7-5-14(6-8-16)19(27)25-11-9-15(10-12-25)21(29)30-13-26-20(28)17-3-1-2-4-18(17)23-24-26/h1-8,15H,9-13H2. The number of rotatable bonds is 4. The highest BCUT2D eigenvalue weighted by Crippen LogP contribution is 2.21. The third-order valence-electron chi connectivity index (χ3n) is 5.17. The molecule has 0 unspecified atom stereocenters. The van der Waals surface area contributed by atoms with Crippen LogP contribution in [-0.2, 0) is 16.3 Å². The molecule has 2 aromatic carbocycles. The van der Waals surface area contributed by atoms with E-state index in [2.05, 4.69) is 10.3 Å². The molecule has 1 saturated heterocycles. The molecule has 0 bridgehead atoms. The molecule has 4 rings (SSSR count). The SMILES string of the molecule is O=C(OCn1nnc2ccccc2c1=O)C1CCN(C(=O)c2ccc(Cl)cc2)CC1. The molecular formula is C21H19ClN4O4. The lowest BCUT2D eigenvalue weighted by molar-refractivity contribution is -0.154. The van der Waals surface area contributed by atoms with Crippen LogP contribution in [0.15, 0.2) is 53.3 Å². The van der Waals surface area contributed by atoms with Gasteiger partial charge in [-0.1, -0.05) is 28.9 Å². The molecule has 3 aromatic rings. The Hall–Kier alpha value is -3.26. The maximum atomic E-state index is 12.6. The third-order valence-corrected chi connectivity index (χ3v) is 5.42. The molecule has 0 atom stereocenters. The maximum Gasteiger partial charge on any atom is 0.310 e. The Morgan fingerprint density at radius 3 is 2.50 bits per heavy atom. The second kappa shape index (κ2) is 8.62. The zero-order valence-corrected chi connectivity index (χ0v) is 16.8. The van der Waals surface area contributed by atoms with E-state index in [-0.39, 0.29) is 24.1 Å². The van der Waals surface area contributed by atoms with Crippen LogP contribution in [0.5, 0.6) is 0 Å². The number of carbonyl (C=O) groups excluding carboxylic acids is 2. The first-order chi connectivity index (χ1) is 14.5. The predicted octanol–water partition coefficient (Wildman–Crippen LogP) is 2.50. The molecule has 0 N–H and O–H groups in total. The quantitative estimate of drug-likeness (QED) is 0.595. The van der Waals surface area contributed by atoms with Crippen molar-refractivity contribution in [3.8, 4) is 0 Å². The molecule has 0 aliphatic carbocycles. The number of aromatic nitrogens is 3. The zero-order chi connectivity index (χ0) is 21.1. The average molecular weight is 427 g/mol. The van der Waals surface area contributed by atoms with E-state index in [0.29, 0.717) is 47.4 Å². The van der Waals surface area contributed by atoms with Crippen LogP contribution in [0.3, 0.4) is 0 Å². The van der Waals surface area contributed by atoms with Gasteiger partial charge in [-0.25, -0.2) is 0 Å². The largest absolute Gasteiger partial charge is 0.442 e. The van der Waals surface area contributed by atoms with Crippen molar-refractivity contribution in [1.82, 2.24) is 19.9 Å². The van der Waals surface area contributed by atoms with Crippen molar-refractivity contribution in [3.05, 3.63) is 69.5 Å². The maximum absolute atomic E-state index is 12.6. The van der Waals surface area contributed by atoms with E-state index in [1.807, 2.05) is 0 Å². The van der Waals surface area contributed by atoms with Gasteiger partial charge in [0.2, 0.25) is 0 Å². The molecule has 0 radical (unpaired) electrons. The average Bonchev–Trinajstić information content (AvgIpc) is 2.79. The molecule has 8 nitrogen and oxygen atoms in total. The summed E-state index contributed by atoms with van der Waals surface area (Å²) in [5.41, 5.74) is 0.689. The minimum absolute atomic E-state index is 0.0866. The van der Waals surface area contributed by atoms with Gasteiger partial charge in [0, 0.05) is 23.7 Å². The predicted molar refractivity (Wildman–Crippen MR) is 110 cm³/mol. The lowest BCUT2D eigenvalue weighted by Gasteiger charge is -2.31. The third kappa shape index (κ3) is 4.18. The topological polar surface area (TPSA) is 94.4 Å². The molecule has 1 aromatic heterocycles. The Kier molecular flexibility index (Phi) is 5.76. The minimum atomic E-state index is -0.407. The van der Waals surface area contributed by atoms with Crippen molar-refractivity contribution in [2.75, 3.05) is 13.1 Å². The number of hydrogen-bond acceptors (Lipinski definition) is 6. The van der Waals surface area contributed by atoms with E-state index < -0.39 is 5.97 Å². The van der Waals surface area contributed by atoms with Gasteiger partial charge in [0.05, 0.1) is 11.3 Å². The summed E-state index contributed by atoms with van der Waals surface area (Å²) < 4.78 is 6.32. The van der Waals surface area contributed by atoms with Gasteiger partial charge in [0.1, 0.15) is 5.52 Å². The number of ether oxygens (including phenoxy) is 1. The van der Waals surface area contributed by atoms with Gasteiger partial charge < -0.3 is 9.64 Å². The van der Waals surface area contributed by atoms with Crippen LogP contribution in [-0.4, -0.2) is 44.9 Å². The van der Waals surface area contributed by atoms with Crippen LogP contribution < -0.4 is 5.56 Å². The van der Waals surface area contributed by atoms with Gasteiger partial charge in [-0.15, -0.1) is 5.10 Å². The van der Waals surface area contributed by atoms with E-state index in [1.54, 1.807) is 53.4 Å². The van der Waals surface area contributed by atoms with Crippen LogP contribution in [0.4, 0.5) is 0 Å². The van der Waals surface area contributed by atoms with Crippen molar-refractivity contribution in [3.63, 3.8) is 0 Å². The first-order valence-electron chi connectivity index (χ1n) is 9.57. The molecule has 1 aliphatic rings. The number of hydrogen-bond donors (Lipinski definition) is 0. The second-order valence-electron chi connectivity index (χ2n) is 7.08. The molecular weight excluding hydrogens is 408 g/mol. The van der Waals surface area contributed by atoms with Crippen molar-refractivity contribution in [2.45, 2.75) is 19.6 Å². The summed E-state index contributed by atoms with van der Waals surface area (Å²) in [6.07, 6.45) is 0.993. The molecule has 0 saturated carbocycles. The van der Waals surface area contributed by atoms with Gasteiger partial charge in [0.15, 0.2) is 6.73 Å². The van der Waals surface area contributed by atoms with Crippen molar-refractivity contribution in [1.29, 1.82) is 0 Å².